The SMILES string of the molecule is NS(=O)(=O)C1(n2ccnc2)CC1c1ccccc1. The summed E-state index contributed by atoms with van der Waals surface area (Å²) in [5, 5.41) is 5.42. The molecule has 18 heavy (non-hydrogen) atoms. The monoisotopic (exact) mass is 263 g/mol. The van der Waals surface area contributed by atoms with Crippen molar-refractivity contribution in [1.29, 1.82) is 0 Å². The van der Waals surface area contributed by atoms with Crippen LogP contribution in [0.2, 0.25) is 0 Å². The van der Waals surface area contributed by atoms with Crippen LogP contribution in [0.3, 0.4) is 0 Å². The molecule has 6 heteroatoms. The molecule has 1 saturated carbocycles. The van der Waals surface area contributed by atoms with Crippen LogP contribution < -0.4 is 5.14 Å². The Morgan fingerprint density at radius 3 is 2.61 bits per heavy atom. The molecule has 0 spiro atoms. The van der Waals surface area contributed by atoms with Crippen LogP contribution in [-0.4, -0.2) is 18.0 Å². The molecule has 1 aliphatic rings. The first-order chi connectivity index (χ1) is 8.56. The second-order valence-electron chi connectivity index (χ2n) is 4.53. The van der Waals surface area contributed by atoms with Gasteiger partial charge in [-0.2, -0.15) is 0 Å². The summed E-state index contributed by atoms with van der Waals surface area (Å²) in [6.07, 6.45) is 5.21. The van der Waals surface area contributed by atoms with Crippen molar-refractivity contribution in [3.05, 3.63) is 54.6 Å². The third-order valence-electron chi connectivity index (χ3n) is 3.52. The Hall–Kier alpha value is -1.66. The minimum atomic E-state index is -3.69. The zero-order valence-corrected chi connectivity index (χ0v) is 10.4. The number of benzene rings is 1. The minimum absolute atomic E-state index is 0.108. The van der Waals surface area contributed by atoms with Gasteiger partial charge in [0.1, 0.15) is 0 Å². The van der Waals surface area contributed by atoms with Crippen molar-refractivity contribution in [2.75, 3.05) is 0 Å². The molecule has 0 amide bonds. The van der Waals surface area contributed by atoms with Crippen molar-refractivity contribution in [2.45, 2.75) is 17.2 Å². The van der Waals surface area contributed by atoms with Gasteiger partial charge in [-0.15, -0.1) is 0 Å². The maximum atomic E-state index is 11.9. The molecule has 1 fully saturated rings. The zero-order valence-electron chi connectivity index (χ0n) is 9.60. The highest BCUT2D eigenvalue weighted by molar-refractivity contribution is 7.90. The van der Waals surface area contributed by atoms with Crippen LogP contribution in [0, 0.1) is 0 Å². The highest BCUT2D eigenvalue weighted by Crippen LogP contribution is 2.59. The van der Waals surface area contributed by atoms with Crippen molar-refractivity contribution in [1.82, 2.24) is 9.55 Å². The van der Waals surface area contributed by atoms with E-state index >= 15 is 0 Å². The number of nitrogens with zero attached hydrogens (tertiary/aromatic N) is 2. The summed E-state index contributed by atoms with van der Waals surface area (Å²) in [6, 6.07) is 9.55. The lowest BCUT2D eigenvalue weighted by Crippen LogP contribution is -2.34. The van der Waals surface area contributed by atoms with E-state index < -0.39 is 14.9 Å². The second-order valence-corrected chi connectivity index (χ2v) is 6.32. The Labute approximate surface area is 105 Å². The van der Waals surface area contributed by atoms with Gasteiger partial charge in [0.2, 0.25) is 10.0 Å². The van der Waals surface area contributed by atoms with Crippen molar-refractivity contribution in [3.8, 4) is 0 Å². The molecule has 0 saturated heterocycles. The van der Waals surface area contributed by atoms with Crippen molar-refractivity contribution < 1.29 is 8.42 Å². The van der Waals surface area contributed by atoms with E-state index in [9.17, 15) is 8.42 Å². The molecular formula is C12H13N3O2S. The first-order valence-electron chi connectivity index (χ1n) is 5.61. The number of nitrogens with two attached hydrogens (primary N) is 1. The third kappa shape index (κ3) is 1.49. The van der Waals surface area contributed by atoms with E-state index in [-0.39, 0.29) is 5.92 Å². The Morgan fingerprint density at radius 1 is 1.33 bits per heavy atom. The molecule has 0 radical (unpaired) electrons. The highest BCUT2D eigenvalue weighted by Gasteiger charge is 2.64. The van der Waals surface area contributed by atoms with E-state index in [2.05, 4.69) is 4.98 Å². The van der Waals surface area contributed by atoms with Gasteiger partial charge in [0, 0.05) is 18.3 Å². The zero-order chi connectivity index (χ0) is 12.8. The highest BCUT2D eigenvalue weighted by atomic mass is 32.2. The van der Waals surface area contributed by atoms with Crippen LogP contribution in [-0.2, 0) is 14.9 Å². The molecule has 1 aromatic carbocycles. The number of aromatic nitrogens is 2. The fourth-order valence-corrected chi connectivity index (χ4v) is 3.86. The Morgan fingerprint density at radius 2 is 2.06 bits per heavy atom. The van der Waals surface area contributed by atoms with Gasteiger partial charge in [-0.3, -0.25) is 0 Å². The lowest BCUT2D eigenvalue weighted by atomic mass is 10.1. The van der Waals surface area contributed by atoms with Crippen LogP contribution >= 0.6 is 0 Å². The molecule has 2 aromatic rings. The van der Waals surface area contributed by atoms with Crippen LogP contribution in [0.25, 0.3) is 0 Å². The summed E-state index contributed by atoms with van der Waals surface area (Å²) in [6.45, 7) is 0. The van der Waals surface area contributed by atoms with Crippen LogP contribution in [0.4, 0.5) is 0 Å². The largest absolute Gasteiger partial charge is 0.316 e. The molecule has 1 aromatic heterocycles. The smallest absolute Gasteiger partial charge is 0.234 e. The van der Waals surface area contributed by atoms with Crippen LogP contribution in [0.15, 0.2) is 49.1 Å². The maximum absolute atomic E-state index is 11.9. The number of hydrogen-bond acceptors (Lipinski definition) is 3. The van der Waals surface area contributed by atoms with Gasteiger partial charge in [0.15, 0.2) is 4.87 Å². The van der Waals surface area contributed by atoms with E-state index in [1.54, 1.807) is 17.0 Å². The Balaban J connectivity index is 2.08. The van der Waals surface area contributed by atoms with Crippen LogP contribution in [0.1, 0.15) is 17.9 Å². The summed E-state index contributed by atoms with van der Waals surface area (Å²) in [4.78, 5) is 2.85. The second kappa shape index (κ2) is 3.66. The maximum Gasteiger partial charge on any atom is 0.234 e. The predicted molar refractivity (Wildman–Crippen MR) is 67.1 cm³/mol. The Kier molecular flexibility index (Phi) is 2.33. The topological polar surface area (TPSA) is 78.0 Å². The predicted octanol–water partition coefficient (Wildman–Crippen LogP) is 1.01. The van der Waals surface area contributed by atoms with Crippen LogP contribution in [0.5, 0.6) is 0 Å². The van der Waals surface area contributed by atoms with E-state index in [0.717, 1.165) is 5.56 Å². The van der Waals surface area contributed by atoms with Gasteiger partial charge in [-0.25, -0.2) is 18.5 Å². The average molecular weight is 263 g/mol. The average Bonchev–Trinajstić information content (AvgIpc) is 2.89. The standard InChI is InChI=1S/C12H13N3O2S/c13-18(16,17)12(15-7-6-14-9-15)8-11(12)10-4-2-1-3-5-10/h1-7,9,11H,8H2,(H2,13,16,17). The molecule has 3 rings (SSSR count). The molecule has 2 atom stereocenters. The lowest BCUT2D eigenvalue weighted by molar-refractivity contribution is 0.533. The van der Waals surface area contributed by atoms with Gasteiger partial charge in [0.25, 0.3) is 0 Å². The van der Waals surface area contributed by atoms with Gasteiger partial charge < -0.3 is 4.57 Å². The summed E-state index contributed by atoms with van der Waals surface area (Å²) >= 11 is 0. The summed E-state index contributed by atoms with van der Waals surface area (Å²) in [7, 11) is -3.69. The first-order valence-corrected chi connectivity index (χ1v) is 7.16. The normalized spacial score (nSPS) is 27.1. The van der Waals surface area contributed by atoms with E-state index in [4.69, 9.17) is 5.14 Å². The Bertz CT molecular complexity index is 652. The molecule has 5 nitrogen and oxygen atoms in total. The fraction of sp³-hybridized carbons (Fsp3) is 0.250. The molecule has 2 unspecified atom stereocenters. The van der Waals surface area contributed by atoms with Crippen molar-refractivity contribution >= 4 is 10.0 Å². The molecule has 2 N–H and O–H groups in total. The molecule has 0 aliphatic heterocycles. The van der Waals surface area contributed by atoms with Gasteiger partial charge in [-0.1, -0.05) is 30.3 Å². The number of hydrogen-bond donors (Lipinski definition) is 1. The first kappa shape index (κ1) is 11.4. The van der Waals surface area contributed by atoms with E-state index in [1.807, 2.05) is 30.3 Å². The minimum Gasteiger partial charge on any atom is -0.316 e. The summed E-state index contributed by atoms with van der Waals surface area (Å²) < 4.78 is 25.5. The number of rotatable bonds is 3. The fourth-order valence-electron chi connectivity index (χ4n) is 2.53. The molecule has 1 aliphatic carbocycles. The van der Waals surface area contributed by atoms with E-state index in [0.29, 0.717) is 6.42 Å². The molecule has 0 bridgehead atoms. The lowest BCUT2D eigenvalue weighted by Gasteiger charge is -2.16. The molecular weight excluding hydrogens is 250 g/mol. The van der Waals surface area contributed by atoms with Crippen molar-refractivity contribution in [2.24, 2.45) is 5.14 Å². The van der Waals surface area contributed by atoms with Gasteiger partial charge in [-0.05, 0) is 12.0 Å². The van der Waals surface area contributed by atoms with E-state index in [1.165, 1.54) is 6.33 Å². The third-order valence-corrected chi connectivity index (χ3v) is 5.16. The summed E-state index contributed by atoms with van der Waals surface area (Å²) in [5.41, 5.74) is 0.986. The van der Waals surface area contributed by atoms with Gasteiger partial charge in [0.05, 0.1) is 6.33 Å². The number of imidazole rings is 1. The van der Waals surface area contributed by atoms with Crippen molar-refractivity contribution in [3.63, 3.8) is 0 Å². The number of sulfonamides is 1. The molecule has 1 heterocycles. The summed E-state index contributed by atoms with van der Waals surface area (Å²) in [5.74, 6) is -0.108. The molecule has 94 valence electrons. The number of primary sulfonamides is 1. The van der Waals surface area contributed by atoms with Gasteiger partial charge >= 0.3 is 0 Å². The quantitative estimate of drug-likeness (QED) is 0.897.